The minimum absolute atomic E-state index is 0.0643. The molecule has 2 aromatic rings. The SMILES string of the molecule is O=[N+]([O-])c1cccc(-c2ccc(N3CCCCC3)nn2)c1. The molecule has 1 saturated heterocycles. The summed E-state index contributed by atoms with van der Waals surface area (Å²) in [6.07, 6.45) is 3.65. The molecule has 0 unspecified atom stereocenters. The molecule has 1 aromatic heterocycles. The Morgan fingerprint density at radius 2 is 1.86 bits per heavy atom. The van der Waals surface area contributed by atoms with Crippen LogP contribution in [0.25, 0.3) is 11.3 Å². The first-order chi connectivity index (χ1) is 10.2. The van der Waals surface area contributed by atoms with Gasteiger partial charge in [0.25, 0.3) is 5.69 Å². The maximum atomic E-state index is 10.8. The van der Waals surface area contributed by atoms with Crippen molar-refractivity contribution in [3.63, 3.8) is 0 Å². The zero-order valence-corrected chi connectivity index (χ0v) is 11.6. The Bertz CT molecular complexity index is 636. The van der Waals surface area contributed by atoms with Crippen LogP contribution in [0.4, 0.5) is 11.5 Å². The van der Waals surface area contributed by atoms with Gasteiger partial charge in [-0.1, -0.05) is 12.1 Å². The van der Waals surface area contributed by atoms with Crippen LogP contribution in [-0.2, 0) is 0 Å². The Balaban J connectivity index is 1.83. The fraction of sp³-hybridized carbons (Fsp3) is 0.333. The second-order valence-corrected chi connectivity index (χ2v) is 5.13. The molecule has 0 spiro atoms. The van der Waals surface area contributed by atoms with Crippen molar-refractivity contribution in [2.24, 2.45) is 0 Å². The van der Waals surface area contributed by atoms with E-state index < -0.39 is 4.92 Å². The lowest BCUT2D eigenvalue weighted by Gasteiger charge is -2.27. The van der Waals surface area contributed by atoms with Crippen molar-refractivity contribution in [3.8, 4) is 11.3 Å². The van der Waals surface area contributed by atoms with E-state index in [0.29, 0.717) is 11.3 Å². The number of piperidine rings is 1. The lowest BCUT2D eigenvalue weighted by atomic mass is 10.1. The van der Waals surface area contributed by atoms with E-state index in [-0.39, 0.29) is 5.69 Å². The number of aromatic nitrogens is 2. The van der Waals surface area contributed by atoms with Crippen LogP contribution < -0.4 is 4.90 Å². The number of rotatable bonds is 3. The normalized spacial score (nSPS) is 15.0. The second kappa shape index (κ2) is 5.87. The van der Waals surface area contributed by atoms with E-state index in [1.807, 2.05) is 12.1 Å². The molecule has 1 fully saturated rings. The predicted molar refractivity (Wildman–Crippen MR) is 80.2 cm³/mol. The molecule has 3 rings (SSSR count). The van der Waals surface area contributed by atoms with Gasteiger partial charge in [-0.25, -0.2) is 0 Å². The Kier molecular flexibility index (Phi) is 3.77. The van der Waals surface area contributed by atoms with Crippen LogP contribution in [0, 0.1) is 10.1 Å². The lowest BCUT2D eigenvalue weighted by Crippen LogP contribution is -2.30. The fourth-order valence-corrected chi connectivity index (χ4v) is 2.55. The Labute approximate surface area is 122 Å². The molecule has 0 amide bonds. The fourth-order valence-electron chi connectivity index (χ4n) is 2.55. The average Bonchev–Trinajstić information content (AvgIpc) is 2.56. The monoisotopic (exact) mass is 284 g/mol. The van der Waals surface area contributed by atoms with Crippen LogP contribution in [0.1, 0.15) is 19.3 Å². The summed E-state index contributed by atoms with van der Waals surface area (Å²) < 4.78 is 0. The van der Waals surface area contributed by atoms with E-state index in [0.717, 1.165) is 18.9 Å². The lowest BCUT2D eigenvalue weighted by molar-refractivity contribution is -0.384. The largest absolute Gasteiger partial charge is 0.355 e. The molecule has 6 heteroatoms. The number of nitro groups is 1. The Morgan fingerprint density at radius 1 is 1.05 bits per heavy atom. The van der Waals surface area contributed by atoms with Crippen LogP contribution in [-0.4, -0.2) is 28.2 Å². The first-order valence-electron chi connectivity index (χ1n) is 7.07. The molecule has 1 aliphatic rings. The van der Waals surface area contributed by atoms with Gasteiger partial charge in [0.05, 0.1) is 10.6 Å². The minimum atomic E-state index is -0.404. The predicted octanol–water partition coefficient (Wildman–Crippen LogP) is 3.04. The molecule has 0 atom stereocenters. The van der Waals surface area contributed by atoms with Crippen LogP contribution in [0.3, 0.4) is 0 Å². The van der Waals surface area contributed by atoms with E-state index in [2.05, 4.69) is 15.1 Å². The van der Waals surface area contributed by atoms with Gasteiger partial charge in [-0.2, -0.15) is 0 Å². The summed E-state index contributed by atoms with van der Waals surface area (Å²) in [5.74, 6) is 0.879. The van der Waals surface area contributed by atoms with Crippen LogP contribution in [0.2, 0.25) is 0 Å². The van der Waals surface area contributed by atoms with Gasteiger partial charge < -0.3 is 4.90 Å². The minimum Gasteiger partial charge on any atom is -0.355 e. The van der Waals surface area contributed by atoms with Gasteiger partial charge in [0.2, 0.25) is 0 Å². The maximum Gasteiger partial charge on any atom is 0.270 e. The average molecular weight is 284 g/mol. The molecule has 1 aromatic carbocycles. The molecule has 1 aliphatic heterocycles. The number of hydrogen-bond acceptors (Lipinski definition) is 5. The van der Waals surface area contributed by atoms with Gasteiger partial charge in [0.15, 0.2) is 5.82 Å². The highest BCUT2D eigenvalue weighted by atomic mass is 16.6. The molecule has 2 heterocycles. The number of non-ortho nitro benzene ring substituents is 1. The molecular weight excluding hydrogens is 268 g/mol. The van der Waals surface area contributed by atoms with Crippen molar-refractivity contribution < 1.29 is 4.92 Å². The number of nitro benzene ring substituents is 1. The molecular formula is C15H16N4O2. The number of nitrogens with zero attached hydrogens (tertiary/aromatic N) is 4. The summed E-state index contributed by atoms with van der Waals surface area (Å²) in [6.45, 7) is 2.04. The van der Waals surface area contributed by atoms with Crippen LogP contribution >= 0.6 is 0 Å². The number of hydrogen-bond donors (Lipinski definition) is 0. The van der Waals surface area contributed by atoms with Crippen LogP contribution in [0.5, 0.6) is 0 Å². The molecule has 108 valence electrons. The van der Waals surface area contributed by atoms with E-state index in [1.54, 1.807) is 12.1 Å². The first-order valence-corrected chi connectivity index (χ1v) is 7.07. The van der Waals surface area contributed by atoms with Crippen molar-refractivity contribution in [2.45, 2.75) is 19.3 Å². The second-order valence-electron chi connectivity index (χ2n) is 5.13. The quantitative estimate of drug-likeness (QED) is 0.640. The topological polar surface area (TPSA) is 72.2 Å². The van der Waals surface area contributed by atoms with Crippen LogP contribution in [0.15, 0.2) is 36.4 Å². The Morgan fingerprint density at radius 3 is 2.52 bits per heavy atom. The summed E-state index contributed by atoms with van der Waals surface area (Å²) in [6, 6.07) is 10.3. The standard InChI is InChI=1S/C15H16N4O2/c20-19(21)13-6-4-5-12(11-13)14-7-8-15(17-16-14)18-9-2-1-3-10-18/h4-8,11H,1-3,9-10H2. The smallest absolute Gasteiger partial charge is 0.270 e. The first kappa shape index (κ1) is 13.5. The number of anilines is 1. The number of benzene rings is 1. The third-order valence-corrected chi connectivity index (χ3v) is 3.68. The van der Waals surface area contributed by atoms with E-state index in [9.17, 15) is 10.1 Å². The molecule has 0 N–H and O–H groups in total. The molecule has 21 heavy (non-hydrogen) atoms. The van der Waals surface area contributed by atoms with Crippen molar-refractivity contribution in [3.05, 3.63) is 46.5 Å². The van der Waals surface area contributed by atoms with Crippen molar-refractivity contribution in [1.29, 1.82) is 0 Å². The molecule has 0 aliphatic carbocycles. The van der Waals surface area contributed by atoms with Gasteiger partial charge in [0, 0.05) is 30.8 Å². The Hall–Kier alpha value is -2.50. The van der Waals surface area contributed by atoms with Crippen molar-refractivity contribution in [2.75, 3.05) is 18.0 Å². The third kappa shape index (κ3) is 2.99. The van der Waals surface area contributed by atoms with Crippen molar-refractivity contribution >= 4 is 11.5 Å². The highest BCUT2D eigenvalue weighted by Crippen LogP contribution is 2.23. The van der Waals surface area contributed by atoms with Gasteiger partial charge >= 0.3 is 0 Å². The molecule has 0 saturated carbocycles. The third-order valence-electron chi connectivity index (χ3n) is 3.68. The van der Waals surface area contributed by atoms with Gasteiger partial charge in [-0.05, 0) is 31.4 Å². The highest BCUT2D eigenvalue weighted by Gasteiger charge is 2.13. The van der Waals surface area contributed by atoms with E-state index in [4.69, 9.17) is 0 Å². The van der Waals surface area contributed by atoms with Gasteiger partial charge in [-0.3, -0.25) is 10.1 Å². The highest BCUT2D eigenvalue weighted by molar-refractivity contribution is 5.62. The zero-order valence-electron chi connectivity index (χ0n) is 11.6. The molecule has 0 bridgehead atoms. The summed E-state index contributed by atoms with van der Waals surface area (Å²) in [7, 11) is 0. The van der Waals surface area contributed by atoms with E-state index in [1.165, 1.54) is 31.4 Å². The summed E-state index contributed by atoms with van der Waals surface area (Å²) >= 11 is 0. The van der Waals surface area contributed by atoms with E-state index >= 15 is 0 Å². The summed E-state index contributed by atoms with van der Waals surface area (Å²) in [5, 5.41) is 19.3. The molecule has 6 nitrogen and oxygen atoms in total. The van der Waals surface area contributed by atoms with Crippen molar-refractivity contribution in [1.82, 2.24) is 10.2 Å². The van der Waals surface area contributed by atoms with Gasteiger partial charge in [-0.15, -0.1) is 10.2 Å². The zero-order chi connectivity index (χ0) is 14.7. The maximum absolute atomic E-state index is 10.8. The molecule has 0 radical (unpaired) electrons. The summed E-state index contributed by atoms with van der Waals surface area (Å²) in [4.78, 5) is 12.6. The summed E-state index contributed by atoms with van der Waals surface area (Å²) in [5.41, 5.74) is 1.43. The van der Waals surface area contributed by atoms with Gasteiger partial charge in [0.1, 0.15) is 0 Å².